The molecule has 1 N–H and O–H groups in total. The van der Waals surface area contributed by atoms with Crippen LogP contribution in [0, 0.1) is 0 Å². The van der Waals surface area contributed by atoms with Gasteiger partial charge in [-0.1, -0.05) is 11.6 Å². The highest BCUT2D eigenvalue weighted by Gasteiger charge is 2.23. The zero-order valence-electron chi connectivity index (χ0n) is 16.6. The molecule has 158 valence electrons. The van der Waals surface area contributed by atoms with Crippen LogP contribution in [0.1, 0.15) is 6.92 Å². The average Bonchev–Trinajstić information content (AvgIpc) is 2.69. The summed E-state index contributed by atoms with van der Waals surface area (Å²) in [5.74, 6) is 0.680. The Morgan fingerprint density at radius 1 is 1.10 bits per heavy atom. The van der Waals surface area contributed by atoms with Gasteiger partial charge in [-0.2, -0.15) is 4.31 Å². The summed E-state index contributed by atoms with van der Waals surface area (Å²) in [5, 5.41) is 2.93. The molecule has 0 bridgehead atoms. The maximum Gasteiger partial charge on any atom is 0.243 e. The van der Waals surface area contributed by atoms with Crippen LogP contribution in [-0.4, -0.2) is 53.0 Å². The highest BCUT2D eigenvalue weighted by Crippen LogP contribution is 2.35. The number of anilines is 1. The van der Waals surface area contributed by atoms with E-state index in [1.54, 1.807) is 12.1 Å². The Hall–Kier alpha value is -2.49. The summed E-state index contributed by atoms with van der Waals surface area (Å²) in [7, 11) is 0.339. The van der Waals surface area contributed by atoms with Gasteiger partial charge in [-0.05, 0) is 31.2 Å². The van der Waals surface area contributed by atoms with E-state index in [0.29, 0.717) is 34.6 Å². The van der Waals surface area contributed by atoms with Crippen LogP contribution in [-0.2, 0) is 14.8 Å². The van der Waals surface area contributed by atoms with Crippen molar-refractivity contribution >= 4 is 33.2 Å². The predicted octanol–water partition coefficient (Wildman–Crippen LogP) is 3.02. The smallest absolute Gasteiger partial charge is 0.243 e. The first kappa shape index (κ1) is 22.8. The van der Waals surface area contributed by atoms with Gasteiger partial charge in [0.05, 0.1) is 43.0 Å². The van der Waals surface area contributed by atoms with E-state index in [2.05, 4.69) is 5.32 Å². The standard InChI is InChI=1S/C19H23ClN2O6S/c1-5-28-13-6-8-14(9-7-13)29(24,25)22(2)12-19(23)21-16-11-17(26-3)15(20)10-18(16)27-4/h6-11H,5,12H2,1-4H3,(H,21,23). The predicted molar refractivity (Wildman–Crippen MR) is 111 cm³/mol. The van der Waals surface area contributed by atoms with Crippen molar-refractivity contribution < 1.29 is 27.4 Å². The molecular formula is C19H23ClN2O6S. The molecule has 1 amide bonds. The van der Waals surface area contributed by atoms with E-state index in [4.69, 9.17) is 25.8 Å². The molecule has 0 spiro atoms. The number of amides is 1. The van der Waals surface area contributed by atoms with E-state index in [-0.39, 0.29) is 4.90 Å². The number of halogens is 1. The van der Waals surface area contributed by atoms with Crippen LogP contribution in [0.25, 0.3) is 0 Å². The number of nitrogens with one attached hydrogen (secondary N) is 1. The molecule has 0 aliphatic carbocycles. The third-order valence-electron chi connectivity index (χ3n) is 3.96. The number of rotatable bonds is 9. The first-order valence-electron chi connectivity index (χ1n) is 8.63. The van der Waals surface area contributed by atoms with E-state index in [1.165, 1.54) is 45.5 Å². The van der Waals surface area contributed by atoms with Gasteiger partial charge in [-0.15, -0.1) is 0 Å². The molecule has 0 fully saturated rings. The SMILES string of the molecule is CCOc1ccc(S(=O)(=O)N(C)CC(=O)Nc2cc(OC)c(Cl)cc2OC)cc1. The lowest BCUT2D eigenvalue weighted by Crippen LogP contribution is -2.35. The molecule has 2 aromatic rings. The first-order chi connectivity index (χ1) is 13.7. The Morgan fingerprint density at radius 3 is 2.28 bits per heavy atom. The molecule has 0 saturated heterocycles. The van der Waals surface area contributed by atoms with Crippen molar-refractivity contribution in [1.29, 1.82) is 0 Å². The van der Waals surface area contributed by atoms with Gasteiger partial charge >= 0.3 is 0 Å². The van der Waals surface area contributed by atoms with Gasteiger partial charge in [0.15, 0.2) is 0 Å². The van der Waals surface area contributed by atoms with Crippen molar-refractivity contribution in [2.45, 2.75) is 11.8 Å². The lowest BCUT2D eigenvalue weighted by atomic mass is 10.2. The highest BCUT2D eigenvalue weighted by atomic mass is 35.5. The number of nitrogens with zero attached hydrogens (tertiary/aromatic N) is 1. The van der Waals surface area contributed by atoms with E-state index < -0.39 is 22.5 Å². The molecule has 0 aromatic heterocycles. The summed E-state index contributed by atoms with van der Waals surface area (Å²) in [4.78, 5) is 12.5. The Labute approximate surface area is 175 Å². The monoisotopic (exact) mass is 442 g/mol. The number of sulfonamides is 1. The molecule has 0 saturated carbocycles. The van der Waals surface area contributed by atoms with E-state index in [9.17, 15) is 13.2 Å². The Morgan fingerprint density at radius 2 is 1.72 bits per heavy atom. The zero-order valence-corrected chi connectivity index (χ0v) is 18.1. The average molecular weight is 443 g/mol. The minimum atomic E-state index is -3.85. The topological polar surface area (TPSA) is 94.2 Å². The molecular weight excluding hydrogens is 420 g/mol. The van der Waals surface area contributed by atoms with Crippen molar-refractivity contribution in [2.75, 3.05) is 39.7 Å². The van der Waals surface area contributed by atoms with Crippen LogP contribution < -0.4 is 19.5 Å². The Kier molecular flexibility index (Phi) is 7.72. The van der Waals surface area contributed by atoms with Crippen LogP contribution in [0.15, 0.2) is 41.3 Å². The summed E-state index contributed by atoms with van der Waals surface area (Å²) in [6.07, 6.45) is 0. The molecule has 0 aliphatic rings. The third-order valence-corrected chi connectivity index (χ3v) is 6.07. The Balaban J connectivity index is 2.14. The Bertz CT molecular complexity index is 963. The normalized spacial score (nSPS) is 11.2. The number of ether oxygens (including phenoxy) is 3. The lowest BCUT2D eigenvalue weighted by Gasteiger charge is -2.18. The van der Waals surface area contributed by atoms with Crippen molar-refractivity contribution in [3.05, 3.63) is 41.4 Å². The second-order valence-electron chi connectivity index (χ2n) is 5.90. The number of benzene rings is 2. The number of carbonyl (C=O) groups excluding carboxylic acids is 1. The van der Waals surface area contributed by atoms with Crippen molar-refractivity contribution in [3.8, 4) is 17.2 Å². The number of carbonyl (C=O) groups is 1. The number of methoxy groups -OCH3 is 2. The van der Waals surface area contributed by atoms with Crippen molar-refractivity contribution in [3.63, 3.8) is 0 Å². The maximum absolute atomic E-state index is 12.7. The molecule has 8 nitrogen and oxygen atoms in total. The van der Waals surface area contributed by atoms with Gasteiger partial charge in [0, 0.05) is 19.2 Å². The fraction of sp³-hybridized carbons (Fsp3) is 0.316. The molecule has 0 atom stereocenters. The summed E-state index contributed by atoms with van der Waals surface area (Å²) < 4.78 is 42.0. The molecule has 10 heteroatoms. The second-order valence-corrected chi connectivity index (χ2v) is 8.35. The van der Waals surface area contributed by atoms with E-state index >= 15 is 0 Å². The number of hydrogen-bond acceptors (Lipinski definition) is 6. The molecule has 29 heavy (non-hydrogen) atoms. The second kappa shape index (κ2) is 9.82. The summed E-state index contributed by atoms with van der Waals surface area (Å²) in [5.41, 5.74) is 0.311. The van der Waals surface area contributed by atoms with Crippen LogP contribution in [0.5, 0.6) is 17.2 Å². The highest BCUT2D eigenvalue weighted by molar-refractivity contribution is 7.89. The van der Waals surface area contributed by atoms with Crippen molar-refractivity contribution in [1.82, 2.24) is 4.31 Å². The molecule has 0 radical (unpaired) electrons. The van der Waals surface area contributed by atoms with E-state index in [1.807, 2.05) is 6.92 Å². The first-order valence-corrected chi connectivity index (χ1v) is 10.4. The van der Waals surface area contributed by atoms with E-state index in [0.717, 1.165) is 4.31 Å². The van der Waals surface area contributed by atoms with Crippen LogP contribution in [0.3, 0.4) is 0 Å². The number of hydrogen-bond donors (Lipinski definition) is 1. The largest absolute Gasteiger partial charge is 0.495 e. The summed E-state index contributed by atoms with van der Waals surface area (Å²) in [6.45, 7) is 1.91. The van der Waals surface area contributed by atoms with Crippen LogP contribution >= 0.6 is 11.6 Å². The van der Waals surface area contributed by atoms with Gasteiger partial charge < -0.3 is 19.5 Å². The van der Waals surface area contributed by atoms with Gasteiger partial charge in [0.1, 0.15) is 17.2 Å². The fourth-order valence-corrected chi connectivity index (χ4v) is 3.85. The third kappa shape index (κ3) is 5.53. The fourth-order valence-electron chi connectivity index (χ4n) is 2.49. The molecule has 0 aliphatic heterocycles. The van der Waals surface area contributed by atoms with Crippen LogP contribution in [0.4, 0.5) is 5.69 Å². The minimum Gasteiger partial charge on any atom is -0.495 e. The minimum absolute atomic E-state index is 0.0574. The molecule has 2 aromatic carbocycles. The van der Waals surface area contributed by atoms with Crippen LogP contribution in [0.2, 0.25) is 5.02 Å². The number of likely N-dealkylation sites (N-methyl/N-ethyl adjacent to an activating group) is 1. The van der Waals surface area contributed by atoms with Gasteiger partial charge in [0.2, 0.25) is 15.9 Å². The van der Waals surface area contributed by atoms with Gasteiger partial charge in [-0.3, -0.25) is 4.79 Å². The maximum atomic E-state index is 12.7. The van der Waals surface area contributed by atoms with Gasteiger partial charge in [0.25, 0.3) is 0 Å². The molecule has 2 rings (SSSR count). The molecule has 0 heterocycles. The van der Waals surface area contributed by atoms with Gasteiger partial charge in [-0.25, -0.2) is 8.42 Å². The quantitative estimate of drug-likeness (QED) is 0.641. The molecule has 0 unspecified atom stereocenters. The van der Waals surface area contributed by atoms with Crippen molar-refractivity contribution in [2.24, 2.45) is 0 Å². The summed E-state index contributed by atoms with van der Waals surface area (Å²) in [6, 6.07) is 8.99. The zero-order chi connectivity index (χ0) is 21.6. The summed E-state index contributed by atoms with van der Waals surface area (Å²) >= 11 is 6.05. The lowest BCUT2D eigenvalue weighted by molar-refractivity contribution is -0.116.